The molecule has 0 radical (unpaired) electrons. The summed E-state index contributed by atoms with van der Waals surface area (Å²) in [6.45, 7) is 1.56. The molecule has 31 heavy (non-hydrogen) atoms. The fourth-order valence-electron chi connectivity index (χ4n) is 4.78. The van der Waals surface area contributed by atoms with E-state index in [0.717, 1.165) is 54.0 Å². The summed E-state index contributed by atoms with van der Waals surface area (Å²) in [7, 11) is 6.01. The number of nitrogens with zero attached hydrogens (tertiary/aromatic N) is 6. The van der Waals surface area contributed by atoms with E-state index in [1.54, 1.807) is 6.33 Å². The van der Waals surface area contributed by atoms with Gasteiger partial charge in [0.2, 0.25) is 0 Å². The molecule has 1 saturated heterocycles. The van der Waals surface area contributed by atoms with Crippen LogP contribution in [-0.2, 0) is 7.05 Å². The maximum atomic E-state index is 13.3. The van der Waals surface area contributed by atoms with Gasteiger partial charge in [-0.2, -0.15) is 0 Å². The predicted octanol–water partition coefficient (Wildman–Crippen LogP) is 3.31. The molecule has 2 fully saturated rings. The van der Waals surface area contributed by atoms with E-state index in [-0.39, 0.29) is 5.91 Å². The number of hydrogen-bond donors (Lipinski definition) is 0. The number of benzene rings is 1. The molecule has 0 bridgehead atoms. The molecule has 2 aromatic heterocycles. The highest BCUT2D eigenvalue weighted by Gasteiger charge is 2.37. The zero-order valence-corrected chi connectivity index (χ0v) is 18.5. The molecule has 2 aliphatic rings. The van der Waals surface area contributed by atoms with Gasteiger partial charge in [0.25, 0.3) is 5.91 Å². The van der Waals surface area contributed by atoms with Gasteiger partial charge in [0, 0.05) is 69.5 Å². The van der Waals surface area contributed by atoms with Crippen LogP contribution in [0.5, 0.6) is 0 Å². The van der Waals surface area contributed by atoms with E-state index in [1.165, 1.54) is 12.8 Å². The smallest absolute Gasteiger partial charge is 0.256 e. The molecular weight excluding hydrogens is 388 g/mol. The van der Waals surface area contributed by atoms with Gasteiger partial charge in [0.1, 0.15) is 18.0 Å². The molecule has 1 aliphatic heterocycles. The fourth-order valence-corrected chi connectivity index (χ4v) is 4.78. The van der Waals surface area contributed by atoms with Crippen molar-refractivity contribution in [2.45, 2.75) is 37.8 Å². The fraction of sp³-hybridized carbons (Fsp3) is 0.458. The van der Waals surface area contributed by atoms with Crippen molar-refractivity contribution in [1.82, 2.24) is 19.4 Å². The van der Waals surface area contributed by atoms with E-state index < -0.39 is 0 Å². The van der Waals surface area contributed by atoms with Crippen molar-refractivity contribution in [2.75, 3.05) is 37.0 Å². The maximum absolute atomic E-state index is 13.3. The Hall–Kier alpha value is -3.09. The second-order valence-electron chi connectivity index (χ2n) is 8.96. The van der Waals surface area contributed by atoms with Crippen LogP contribution < -0.4 is 9.80 Å². The number of anilines is 2. The van der Waals surface area contributed by atoms with Crippen LogP contribution in [0.4, 0.5) is 11.6 Å². The van der Waals surface area contributed by atoms with Gasteiger partial charge in [-0.25, -0.2) is 9.97 Å². The van der Waals surface area contributed by atoms with Crippen molar-refractivity contribution >= 4 is 28.4 Å². The van der Waals surface area contributed by atoms with Crippen LogP contribution in [0.2, 0.25) is 0 Å². The van der Waals surface area contributed by atoms with Gasteiger partial charge in [0.05, 0.1) is 5.56 Å². The van der Waals surface area contributed by atoms with Crippen molar-refractivity contribution in [2.24, 2.45) is 7.05 Å². The van der Waals surface area contributed by atoms with Crippen LogP contribution in [-0.4, -0.2) is 64.6 Å². The summed E-state index contributed by atoms with van der Waals surface area (Å²) in [5, 5.41) is 1.04. The lowest BCUT2D eigenvalue weighted by Gasteiger charge is -2.39. The van der Waals surface area contributed by atoms with Crippen molar-refractivity contribution in [3.8, 4) is 0 Å². The summed E-state index contributed by atoms with van der Waals surface area (Å²) >= 11 is 0. The number of para-hydroxylation sites is 1. The number of fused-ring (bicyclic) bond motifs is 1. The van der Waals surface area contributed by atoms with Crippen LogP contribution in [0.25, 0.3) is 10.9 Å². The van der Waals surface area contributed by atoms with E-state index in [1.807, 2.05) is 59.9 Å². The topological polar surface area (TPSA) is 57.5 Å². The molecule has 0 spiro atoms. The number of carbonyl (C=O) groups excluding carboxylic acids is 1. The molecule has 1 amide bonds. The first-order valence-corrected chi connectivity index (χ1v) is 11.1. The zero-order chi connectivity index (χ0) is 21.5. The van der Waals surface area contributed by atoms with Crippen molar-refractivity contribution < 1.29 is 4.79 Å². The number of aryl methyl sites for hydroxylation is 1. The highest BCUT2D eigenvalue weighted by molar-refractivity contribution is 6.07. The summed E-state index contributed by atoms with van der Waals surface area (Å²) in [5.74, 6) is 2.09. The normalized spacial score (nSPS) is 17.2. The van der Waals surface area contributed by atoms with Gasteiger partial charge in [-0.3, -0.25) is 4.79 Å². The second kappa shape index (κ2) is 7.87. The van der Waals surface area contributed by atoms with E-state index >= 15 is 0 Å². The molecule has 7 heteroatoms. The van der Waals surface area contributed by atoms with E-state index in [0.29, 0.717) is 12.1 Å². The van der Waals surface area contributed by atoms with Gasteiger partial charge in [-0.1, -0.05) is 18.2 Å². The number of carbonyl (C=O) groups is 1. The molecule has 162 valence electrons. The molecular formula is C24H30N6O. The van der Waals surface area contributed by atoms with Gasteiger partial charge >= 0.3 is 0 Å². The number of piperidine rings is 1. The highest BCUT2D eigenvalue weighted by Crippen LogP contribution is 2.36. The van der Waals surface area contributed by atoms with E-state index in [4.69, 9.17) is 0 Å². The lowest BCUT2D eigenvalue weighted by Crippen LogP contribution is -2.48. The quantitative estimate of drug-likeness (QED) is 0.636. The van der Waals surface area contributed by atoms with Gasteiger partial charge in [-0.15, -0.1) is 0 Å². The minimum absolute atomic E-state index is 0.144. The molecule has 5 rings (SSSR count). The predicted molar refractivity (Wildman–Crippen MR) is 124 cm³/mol. The molecule has 1 saturated carbocycles. The molecule has 7 nitrogen and oxygen atoms in total. The van der Waals surface area contributed by atoms with Crippen LogP contribution >= 0.6 is 0 Å². The molecule has 1 aliphatic carbocycles. The van der Waals surface area contributed by atoms with Crippen molar-refractivity contribution in [1.29, 1.82) is 0 Å². The summed E-state index contributed by atoms with van der Waals surface area (Å²) < 4.78 is 2.04. The molecule has 0 atom stereocenters. The molecule has 0 unspecified atom stereocenters. The molecule has 3 aromatic rings. The summed E-state index contributed by atoms with van der Waals surface area (Å²) in [6.07, 6.45) is 8.01. The Labute approximate surface area is 183 Å². The standard InChI is InChI=1S/C24H30N6O/c1-27(2)22-14-23(26-16-25-22)30(17-8-9-17)18-10-12-29(13-11-18)24(31)20-15-28(3)21-7-5-4-6-19(20)21/h4-7,14-18H,8-13H2,1-3H3. The number of aromatic nitrogens is 3. The van der Waals surface area contributed by atoms with Crippen LogP contribution in [0.15, 0.2) is 42.9 Å². The van der Waals surface area contributed by atoms with Crippen LogP contribution in [0, 0.1) is 0 Å². The first-order valence-electron chi connectivity index (χ1n) is 11.1. The Morgan fingerprint density at radius 2 is 1.68 bits per heavy atom. The third kappa shape index (κ3) is 3.73. The number of amides is 1. The largest absolute Gasteiger partial charge is 0.363 e. The third-order valence-electron chi connectivity index (χ3n) is 6.57. The average Bonchev–Trinajstić information content (AvgIpc) is 3.57. The van der Waals surface area contributed by atoms with Gasteiger partial charge in [0.15, 0.2) is 0 Å². The molecule has 0 N–H and O–H groups in total. The highest BCUT2D eigenvalue weighted by atomic mass is 16.2. The third-order valence-corrected chi connectivity index (χ3v) is 6.57. The number of likely N-dealkylation sites (tertiary alicyclic amines) is 1. The SMILES string of the molecule is CN(C)c1cc(N(C2CC2)C2CCN(C(=O)c3cn(C)c4ccccc34)CC2)ncn1. The number of rotatable bonds is 5. The first-order chi connectivity index (χ1) is 15.0. The van der Waals surface area contributed by atoms with Crippen molar-refractivity contribution in [3.63, 3.8) is 0 Å². The summed E-state index contributed by atoms with van der Waals surface area (Å²) in [4.78, 5) is 28.8. The Morgan fingerprint density at radius 3 is 2.39 bits per heavy atom. The summed E-state index contributed by atoms with van der Waals surface area (Å²) in [6, 6.07) is 11.2. The second-order valence-corrected chi connectivity index (χ2v) is 8.96. The Kier molecular flexibility index (Phi) is 5.04. The Balaban J connectivity index is 1.32. The monoisotopic (exact) mass is 418 g/mol. The Morgan fingerprint density at radius 1 is 1.00 bits per heavy atom. The maximum Gasteiger partial charge on any atom is 0.256 e. The lowest BCUT2D eigenvalue weighted by molar-refractivity contribution is 0.0713. The van der Waals surface area contributed by atoms with Crippen LogP contribution in [0.1, 0.15) is 36.0 Å². The zero-order valence-electron chi connectivity index (χ0n) is 18.5. The van der Waals surface area contributed by atoms with Crippen LogP contribution in [0.3, 0.4) is 0 Å². The lowest BCUT2D eigenvalue weighted by atomic mass is 10.0. The first kappa shape index (κ1) is 19.8. The van der Waals surface area contributed by atoms with E-state index in [2.05, 4.69) is 27.0 Å². The average molecular weight is 419 g/mol. The summed E-state index contributed by atoms with van der Waals surface area (Å²) in [5.41, 5.74) is 1.91. The molecule has 1 aromatic carbocycles. The minimum Gasteiger partial charge on any atom is -0.363 e. The molecule has 3 heterocycles. The van der Waals surface area contributed by atoms with Gasteiger partial charge < -0.3 is 19.3 Å². The number of hydrogen-bond acceptors (Lipinski definition) is 5. The Bertz CT molecular complexity index is 1090. The van der Waals surface area contributed by atoms with Gasteiger partial charge in [-0.05, 0) is 31.7 Å². The van der Waals surface area contributed by atoms with Crippen molar-refractivity contribution in [3.05, 3.63) is 48.4 Å². The minimum atomic E-state index is 0.144. The van der Waals surface area contributed by atoms with E-state index in [9.17, 15) is 4.79 Å².